The van der Waals surface area contributed by atoms with Crippen molar-refractivity contribution in [3.63, 3.8) is 0 Å². The van der Waals surface area contributed by atoms with E-state index in [2.05, 4.69) is 14.7 Å². The van der Waals surface area contributed by atoms with Gasteiger partial charge in [-0.05, 0) is 69.7 Å². The molecule has 10 heteroatoms. The number of sulfonamides is 1. The fourth-order valence-electron chi connectivity index (χ4n) is 3.55. The van der Waals surface area contributed by atoms with Gasteiger partial charge in [-0.3, -0.25) is 4.79 Å². The van der Waals surface area contributed by atoms with Gasteiger partial charge in [0, 0.05) is 5.02 Å². The molecule has 0 aliphatic heterocycles. The Bertz CT molecular complexity index is 1510. The highest BCUT2D eigenvalue weighted by molar-refractivity contribution is 7.90. The van der Waals surface area contributed by atoms with Gasteiger partial charge in [0.2, 0.25) is 0 Å². The Morgan fingerprint density at radius 3 is 2.43 bits per heavy atom. The maximum atomic E-state index is 12.8. The molecular weight excluding hydrogens is 488 g/mol. The zero-order valence-electron chi connectivity index (χ0n) is 19.7. The molecule has 0 radical (unpaired) electrons. The molecule has 2 heterocycles. The summed E-state index contributed by atoms with van der Waals surface area (Å²) in [4.78, 5) is 21.7. The van der Waals surface area contributed by atoms with Crippen LogP contribution in [0.2, 0.25) is 5.02 Å². The van der Waals surface area contributed by atoms with Gasteiger partial charge in [-0.25, -0.2) is 23.1 Å². The molecule has 0 spiro atoms. The second kappa shape index (κ2) is 9.67. The van der Waals surface area contributed by atoms with Crippen molar-refractivity contribution >= 4 is 38.7 Å². The van der Waals surface area contributed by atoms with Gasteiger partial charge in [-0.15, -0.1) is 0 Å². The first-order valence-electron chi connectivity index (χ1n) is 11.0. The molecule has 182 valence electrons. The summed E-state index contributed by atoms with van der Waals surface area (Å²) in [6.45, 7) is 7.92. The van der Waals surface area contributed by atoms with E-state index in [1.54, 1.807) is 24.3 Å². The van der Waals surface area contributed by atoms with Crippen LogP contribution in [0.15, 0.2) is 59.5 Å². The standard InChI is InChI=1S/C25H25ClN4O4S/c1-15(2)34-19-8-7-18(21(26)13-19)14-30-17(4)27-22-11-12-23(28-24(22)30)25(31)29-35(32,33)20-9-5-16(3)6-10-20/h5-13,15H,14H2,1-4H3,(H,29,31). The Kier molecular flexibility index (Phi) is 6.82. The monoisotopic (exact) mass is 512 g/mol. The molecule has 1 N–H and O–H groups in total. The molecule has 8 nitrogen and oxygen atoms in total. The van der Waals surface area contributed by atoms with E-state index < -0.39 is 15.9 Å². The molecule has 0 fully saturated rings. The molecule has 4 aromatic rings. The number of carbonyl (C=O) groups is 1. The van der Waals surface area contributed by atoms with Crippen molar-refractivity contribution in [2.75, 3.05) is 0 Å². The van der Waals surface area contributed by atoms with Crippen LogP contribution in [0.25, 0.3) is 11.2 Å². The van der Waals surface area contributed by atoms with Crippen molar-refractivity contribution in [2.24, 2.45) is 0 Å². The second-order valence-electron chi connectivity index (χ2n) is 8.45. The van der Waals surface area contributed by atoms with E-state index in [1.807, 2.05) is 44.4 Å². The van der Waals surface area contributed by atoms with E-state index in [0.29, 0.717) is 34.3 Å². The number of ether oxygens (including phenoxy) is 1. The quantitative estimate of drug-likeness (QED) is 0.386. The lowest BCUT2D eigenvalue weighted by molar-refractivity contribution is 0.0977. The average molecular weight is 513 g/mol. The van der Waals surface area contributed by atoms with Gasteiger partial charge in [0.05, 0.1) is 17.5 Å². The summed E-state index contributed by atoms with van der Waals surface area (Å²) in [5, 5.41) is 0.530. The zero-order chi connectivity index (χ0) is 25.3. The Morgan fingerprint density at radius 2 is 1.77 bits per heavy atom. The van der Waals surface area contributed by atoms with Crippen molar-refractivity contribution in [2.45, 2.75) is 45.2 Å². The Hall–Kier alpha value is -3.43. The maximum absolute atomic E-state index is 12.8. The first-order chi connectivity index (χ1) is 16.5. The summed E-state index contributed by atoms with van der Waals surface area (Å²) in [6, 6.07) is 14.8. The zero-order valence-corrected chi connectivity index (χ0v) is 21.3. The van der Waals surface area contributed by atoms with Crippen LogP contribution in [0, 0.1) is 13.8 Å². The van der Waals surface area contributed by atoms with E-state index in [-0.39, 0.29) is 16.7 Å². The highest BCUT2D eigenvalue weighted by Gasteiger charge is 2.21. The molecule has 0 saturated heterocycles. The van der Waals surface area contributed by atoms with Crippen LogP contribution in [-0.4, -0.2) is 35.0 Å². The van der Waals surface area contributed by atoms with Crippen LogP contribution in [0.5, 0.6) is 5.75 Å². The maximum Gasteiger partial charge on any atom is 0.283 e. The summed E-state index contributed by atoms with van der Waals surface area (Å²) in [7, 11) is -4.04. The SMILES string of the molecule is Cc1ccc(S(=O)(=O)NC(=O)c2ccc3nc(C)n(Cc4ccc(OC(C)C)cc4Cl)c3n2)cc1. The number of carbonyl (C=O) groups excluding carboxylic acids is 1. The van der Waals surface area contributed by atoms with Gasteiger partial charge in [0.15, 0.2) is 5.65 Å². The van der Waals surface area contributed by atoms with E-state index in [0.717, 1.165) is 11.1 Å². The van der Waals surface area contributed by atoms with Crippen LogP contribution in [0.4, 0.5) is 0 Å². The van der Waals surface area contributed by atoms with Crippen LogP contribution in [-0.2, 0) is 16.6 Å². The minimum atomic E-state index is -4.04. The van der Waals surface area contributed by atoms with Crippen LogP contribution in [0.1, 0.15) is 41.3 Å². The molecule has 2 aromatic heterocycles. The number of aromatic nitrogens is 3. The van der Waals surface area contributed by atoms with Crippen LogP contribution < -0.4 is 9.46 Å². The highest BCUT2D eigenvalue weighted by Crippen LogP contribution is 2.26. The van der Waals surface area contributed by atoms with Gasteiger partial charge in [0.25, 0.3) is 15.9 Å². The predicted molar refractivity (Wildman–Crippen MR) is 134 cm³/mol. The Labute approximate surface area is 209 Å². The smallest absolute Gasteiger partial charge is 0.283 e. The number of imidazole rings is 1. The predicted octanol–water partition coefficient (Wildman–Crippen LogP) is 4.66. The molecular formula is C25H25ClN4O4S. The van der Waals surface area contributed by atoms with E-state index in [4.69, 9.17) is 16.3 Å². The molecule has 0 atom stereocenters. The summed E-state index contributed by atoms with van der Waals surface area (Å²) in [5.74, 6) is 0.523. The number of rotatable bonds is 7. The minimum absolute atomic E-state index is 0.00190. The third-order valence-electron chi connectivity index (χ3n) is 5.30. The fourth-order valence-corrected chi connectivity index (χ4v) is 4.74. The topological polar surface area (TPSA) is 103 Å². The molecule has 0 aliphatic rings. The number of hydrogen-bond acceptors (Lipinski definition) is 6. The van der Waals surface area contributed by atoms with Gasteiger partial charge in [-0.1, -0.05) is 35.4 Å². The Morgan fingerprint density at radius 1 is 1.06 bits per heavy atom. The molecule has 0 aliphatic carbocycles. The third-order valence-corrected chi connectivity index (χ3v) is 7.00. The highest BCUT2D eigenvalue weighted by atomic mass is 35.5. The molecule has 0 unspecified atom stereocenters. The molecule has 4 rings (SSSR count). The van der Waals surface area contributed by atoms with Crippen LogP contribution >= 0.6 is 11.6 Å². The fraction of sp³-hybridized carbons (Fsp3) is 0.240. The van der Waals surface area contributed by atoms with Crippen LogP contribution in [0.3, 0.4) is 0 Å². The number of pyridine rings is 1. The number of hydrogen-bond donors (Lipinski definition) is 1. The van der Waals surface area contributed by atoms with Gasteiger partial charge in [-0.2, -0.15) is 0 Å². The number of fused-ring (bicyclic) bond motifs is 1. The van der Waals surface area contributed by atoms with Gasteiger partial charge in [0.1, 0.15) is 22.8 Å². The lowest BCUT2D eigenvalue weighted by Crippen LogP contribution is -2.31. The van der Waals surface area contributed by atoms with E-state index >= 15 is 0 Å². The Balaban J connectivity index is 1.62. The number of halogens is 1. The van der Waals surface area contributed by atoms with E-state index in [1.165, 1.54) is 18.2 Å². The largest absolute Gasteiger partial charge is 0.491 e. The molecule has 0 bridgehead atoms. The van der Waals surface area contributed by atoms with Crippen molar-refractivity contribution in [3.05, 3.63) is 82.3 Å². The second-order valence-corrected chi connectivity index (χ2v) is 10.5. The van der Waals surface area contributed by atoms with Crippen molar-refractivity contribution in [3.8, 4) is 5.75 Å². The molecule has 0 saturated carbocycles. The number of nitrogens with zero attached hydrogens (tertiary/aromatic N) is 3. The summed E-state index contributed by atoms with van der Waals surface area (Å²) in [5.41, 5.74) is 2.72. The molecule has 35 heavy (non-hydrogen) atoms. The summed E-state index contributed by atoms with van der Waals surface area (Å²) < 4.78 is 34.9. The van der Waals surface area contributed by atoms with Crippen molar-refractivity contribution in [1.29, 1.82) is 0 Å². The van der Waals surface area contributed by atoms with Gasteiger partial charge < -0.3 is 9.30 Å². The van der Waals surface area contributed by atoms with E-state index in [9.17, 15) is 13.2 Å². The summed E-state index contributed by atoms with van der Waals surface area (Å²) in [6.07, 6.45) is 0.0281. The number of aryl methyl sites for hydroxylation is 2. The minimum Gasteiger partial charge on any atom is -0.491 e. The number of amides is 1. The lowest BCUT2D eigenvalue weighted by Gasteiger charge is -2.13. The van der Waals surface area contributed by atoms with Crippen molar-refractivity contribution in [1.82, 2.24) is 19.3 Å². The van der Waals surface area contributed by atoms with Crippen molar-refractivity contribution < 1.29 is 17.9 Å². The first-order valence-corrected chi connectivity index (χ1v) is 12.8. The average Bonchev–Trinajstić information content (AvgIpc) is 3.09. The molecule has 1 amide bonds. The lowest BCUT2D eigenvalue weighted by atomic mass is 10.2. The molecule has 2 aromatic carbocycles. The number of benzene rings is 2. The van der Waals surface area contributed by atoms with Gasteiger partial charge >= 0.3 is 0 Å². The third kappa shape index (κ3) is 5.47. The first kappa shape index (κ1) is 24.7. The normalized spacial score (nSPS) is 11.7. The number of nitrogens with one attached hydrogen (secondary N) is 1. The summed E-state index contributed by atoms with van der Waals surface area (Å²) >= 11 is 6.49.